The van der Waals surface area contributed by atoms with Crippen LogP contribution in [0.25, 0.3) is 10.8 Å². The normalized spacial score (nSPS) is 16.0. The van der Waals surface area contributed by atoms with Gasteiger partial charge < -0.3 is 9.88 Å². The molecular weight excluding hydrogens is 248 g/mol. The summed E-state index contributed by atoms with van der Waals surface area (Å²) in [5.74, 6) is 0. The van der Waals surface area contributed by atoms with Crippen LogP contribution in [0.4, 0.5) is 0 Å². The topological polar surface area (TPSA) is 34.0 Å². The fourth-order valence-corrected chi connectivity index (χ4v) is 3.09. The lowest BCUT2D eigenvalue weighted by Gasteiger charge is -2.12. The summed E-state index contributed by atoms with van der Waals surface area (Å²) < 4.78 is 1.83. The zero-order valence-corrected chi connectivity index (χ0v) is 11.8. The molecular formula is C17H22N2O. The highest BCUT2D eigenvalue weighted by Gasteiger charge is 2.13. The largest absolute Gasteiger partial charge is 0.315 e. The lowest BCUT2D eigenvalue weighted by atomic mass is 10.2. The third-order valence-electron chi connectivity index (χ3n) is 4.25. The summed E-state index contributed by atoms with van der Waals surface area (Å²) in [4.78, 5) is 12.3. The standard InChI is InChI=1S/C17H22N2O/c20-17-16-9-4-1-6-14(16)10-13-19(17)12-5-11-18-15-7-2-3-8-15/h1,4,6,9-10,13,15,18H,2-3,5,7-8,11-12H2. The zero-order valence-electron chi connectivity index (χ0n) is 11.8. The molecule has 3 nitrogen and oxygen atoms in total. The average molecular weight is 270 g/mol. The molecule has 3 heteroatoms. The van der Waals surface area contributed by atoms with E-state index in [1.807, 2.05) is 41.1 Å². The third kappa shape index (κ3) is 2.93. The van der Waals surface area contributed by atoms with Crippen LogP contribution in [0.2, 0.25) is 0 Å². The summed E-state index contributed by atoms with van der Waals surface area (Å²) in [7, 11) is 0. The Hall–Kier alpha value is -1.61. The first-order chi connectivity index (χ1) is 9.84. The van der Waals surface area contributed by atoms with Crippen LogP contribution >= 0.6 is 0 Å². The summed E-state index contributed by atoms with van der Waals surface area (Å²) in [6, 6.07) is 10.5. The van der Waals surface area contributed by atoms with Crippen molar-refractivity contribution in [2.24, 2.45) is 0 Å². The maximum atomic E-state index is 12.3. The summed E-state index contributed by atoms with van der Waals surface area (Å²) in [6.07, 6.45) is 8.28. The van der Waals surface area contributed by atoms with Gasteiger partial charge in [-0.15, -0.1) is 0 Å². The molecule has 1 aromatic heterocycles. The molecule has 1 saturated carbocycles. The summed E-state index contributed by atoms with van der Waals surface area (Å²) in [5, 5.41) is 5.44. The van der Waals surface area contributed by atoms with Crippen molar-refractivity contribution in [2.75, 3.05) is 6.54 Å². The third-order valence-corrected chi connectivity index (χ3v) is 4.25. The molecule has 0 spiro atoms. The number of benzene rings is 1. The lowest BCUT2D eigenvalue weighted by Crippen LogP contribution is -2.28. The number of nitrogens with one attached hydrogen (secondary N) is 1. The monoisotopic (exact) mass is 270 g/mol. The number of nitrogens with zero attached hydrogens (tertiary/aromatic N) is 1. The molecule has 0 bridgehead atoms. The minimum atomic E-state index is 0.129. The van der Waals surface area contributed by atoms with E-state index in [4.69, 9.17) is 0 Å². The van der Waals surface area contributed by atoms with Crippen LogP contribution in [0.5, 0.6) is 0 Å². The predicted molar refractivity (Wildman–Crippen MR) is 83.1 cm³/mol. The van der Waals surface area contributed by atoms with Crippen LogP contribution in [0.1, 0.15) is 32.1 Å². The fourth-order valence-electron chi connectivity index (χ4n) is 3.09. The van der Waals surface area contributed by atoms with Crippen LogP contribution in [-0.2, 0) is 6.54 Å². The molecule has 0 saturated heterocycles. The van der Waals surface area contributed by atoms with Crippen molar-refractivity contribution in [3.8, 4) is 0 Å². The molecule has 1 heterocycles. The van der Waals surface area contributed by atoms with E-state index in [2.05, 4.69) is 5.32 Å². The number of rotatable bonds is 5. The van der Waals surface area contributed by atoms with Gasteiger partial charge in [0.1, 0.15) is 0 Å². The van der Waals surface area contributed by atoms with E-state index >= 15 is 0 Å². The smallest absolute Gasteiger partial charge is 0.258 e. The van der Waals surface area contributed by atoms with Crippen LogP contribution in [0.15, 0.2) is 41.3 Å². The number of aryl methyl sites for hydroxylation is 1. The van der Waals surface area contributed by atoms with Gasteiger partial charge in [0.2, 0.25) is 0 Å². The molecule has 106 valence electrons. The van der Waals surface area contributed by atoms with Gasteiger partial charge in [0.05, 0.1) is 0 Å². The first-order valence-corrected chi connectivity index (χ1v) is 7.66. The van der Waals surface area contributed by atoms with Gasteiger partial charge in [0, 0.05) is 24.2 Å². The zero-order chi connectivity index (χ0) is 13.8. The molecule has 0 radical (unpaired) electrons. The molecule has 1 aromatic carbocycles. The molecule has 1 aliphatic rings. The van der Waals surface area contributed by atoms with Crippen molar-refractivity contribution in [1.29, 1.82) is 0 Å². The maximum absolute atomic E-state index is 12.3. The van der Waals surface area contributed by atoms with Gasteiger partial charge in [-0.3, -0.25) is 4.79 Å². The highest BCUT2D eigenvalue weighted by atomic mass is 16.1. The first-order valence-electron chi connectivity index (χ1n) is 7.66. The molecule has 20 heavy (non-hydrogen) atoms. The Morgan fingerprint density at radius 2 is 1.95 bits per heavy atom. The second-order valence-corrected chi connectivity index (χ2v) is 5.69. The van der Waals surface area contributed by atoms with E-state index in [0.717, 1.165) is 30.3 Å². The van der Waals surface area contributed by atoms with Gasteiger partial charge in [-0.05, 0) is 43.3 Å². The van der Waals surface area contributed by atoms with E-state index in [9.17, 15) is 4.79 Å². The van der Waals surface area contributed by atoms with Gasteiger partial charge >= 0.3 is 0 Å². The number of pyridine rings is 1. The van der Waals surface area contributed by atoms with Gasteiger partial charge in [0.25, 0.3) is 5.56 Å². The Bertz CT molecular complexity index is 626. The average Bonchev–Trinajstić information content (AvgIpc) is 2.99. The Morgan fingerprint density at radius 1 is 1.15 bits per heavy atom. The number of hydrogen-bond donors (Lipinski definition) is 1. The maximum Gasteiger partial charge on any atom is 0.258 e. The fraction of sp³-hybridized carbons (Fsp3) is 0.471. The van der Waals surface area contributed by atoms with Crippen molar-refractivity contribution < 1.29 is 0 Å². The molecule has 0 atom stereocenters. The minimum Gasteiger partial charge on any atom is -0.315 e. The van der Waals surface area contributed by atoms with Crippen LogP contribution in [-0.4, -0.2) is 17.2 Å². The highest BCUT2D eigenvalue weighted by molar-refractivity contribution is 5.81. The van der Waals surface area contributed by atoms with E-state index in [0.29, 0.717) is 6.04 Å². The second-order valence-electron chi connectivity index (χ2n) is 5.69. The summed E-state index contributed by atoms with van der Waals surface area (Å²) >= 11 is 0. The molecule has 0 aliphatic heterocycles. The highest BCUT2D eigenvalue weighted by Crippen LogP contribution is 2.17. The molecule has 1 N–H and O–H groups in total. The SMILES string of the molecule is O=c1c2ccccc2ccn1CCCNC1CCCC1. The van der Waals surface area contributed by atoms with E-state index in [-0.39, 0.29) is 5.56 Å². The Balaban J connectivity index is 1.60. The lowest BCUT2D eigenvalue weighted by molar-refractivity contribution is 0.493. The Labute approximate surface area is 119 Å². The Kier molecular flexibility index (Phi) is 4.16. The van der Waals surface area contributed by atoms with E-state index in [1.165, 1.54) is 25.7 Å². The van der Waals surface area contributed by atoms with Gasteiger partial charge in [-0.2, -0.15) is 0 Å². The molecule has 0 amide bonds. The molecule has 3 rings (SSSR count). The second kappa shape index (κ2) is 6.23. The van der Waals surface area contributed by atoms with E-state index in [1.54, 1.807) is 0 Å². The van der Waals surface area contributed by atoms with Crippen molar-refractivity contribution in [3.63, 3.8) is 0 Å². The first kappa shape index (κ1) is 13.4. The summed E-state index contributed by atoms with van der Waals surface area (Å²) in [6.45, 7) is 1.80. The van der Waals surface area contributed by atoms with Crippen LogP contribution in [0, 0.1) is 0 Å². The number of aromatic nitrogens is 1. The van der Waals surface area contributed by atoms with Crippen LogP contribution in [0.3, 0.4) is 0 Å². The van der Waals surface area contributed by atoms with Crippen LogP contribution < -0.4 is 10.9 Å². The van der Waals surface area contributed by atoms with Gasteiger partial charge in [-0.25, -0.2) is 0 Å². The predicted octanol–water partition coefficient (Wildman–Crippen LogP) is 2.92. The number of hydrogen-bond acceptors (Lipinski definition) is 2. The van der Waals surface area contributed by atoms with Crippen molar-refractivity contribution >= 4 is 10.8 Å². The molecule has 2 aromatic rings. The molecule has 1 aliphatic carbocycles. The number of fused-ring (bicyclic) bond motifs is 1. The summed E-state index contributed by atoms with van der Waals surface area (Å²) in [5.41, 5.74) is 0.129. The van der Waals surface area contributed by atoms with Crippen molar-refractivity contribution in [1.82, 2.24) is 9.88 Å². The Morgan fingerprint density at radius 3 is 2.80 bits per heavy atom. The molecule has 0 unspecified atom stereocenters. The van der Waals surface area contributed by atoms with Gasteiger partial charge in [0.15, 0.2) is 0 Å². The quantitative estimate of drug-likeness (QED) is 0.848. The van der Waals surface area contributed by atoms with Crippen molar-refractivity contribution in [2.45, 2.75) is 44.7 Å². The van der Waals surface area contributed by atoms with E-state index < -0.39 is 0 Å². The van der Waals surface area contributed by atoms with Gasteiger partial charge in [-0.1, -0.05) is 31.0 Å². The minimum absolute atomic E-state index is 0.129. The van der Waals surface area contributed by atoms with Crippen molar-refractivity contribution in [3.05, 3.63) is 46.9 Å². The molecule has 1 fully saturated rings.